The maximum absolute atomic E-state index is 9.85. The van der Waals surface area contributed by atoms with E-state index >= 15 is 0 Å². The summed E-state index contributed by atoms with van der Waals surface area (Å²) in [6.45, 7) is -0.168. The van der Waals surface area contributed by atoms with Crippen molar-refractivity contribution in [3.63, 3.8) is 0 Å². The van der Waals surface area contributed by atoms with E-state index in [-0.39, 0.29) is 12.4 Å². The SMILES string of the molecule is COc1cccc2c(O)c(CO)ccc12. The summed E-state index contributed by atoms with van der Waals surface area (Å²) in [5.41, 5.74) is 0.524. The number of benzene rings is 2. The maximum atomic E-state index is 9.85. The lowest BCUT2D eigenvalue weighted by atomic mass is 10.0. The molecule has 0 aliphatic heterocycles. The highest BCUT2D eigenvalue weighted by Gasteiger charge is 2.08. The van der Waals surface area contributed by atoms with Crippen molar-refractivity contribution in [1.29, 1.82) is 0 Å². The number of hydrogen-bond donors (Lipinski definition) is 2. The van der Waals surface area contributed by atoms with Crippen molar-refractivity contribution in [2.75, 3.05) is 7.11 Å². The molecule has 0 unspecified atom stereocenters. The van der Waals surface area contributed by atoms with E-state index in [4.69, 9.17) is 9.84 Å². The lowest BCUT2D eigenvalue weighted by molar-refractivity contribution is 0.276. The summed E-state index contributed by atoms with van der Waals surface area (Å²) >= 11 is 0. The van der Waals surface area contributed by atoms with Gasteiger partial charge in [-0.05, 0) is 6.07 Å². The standard InChI is InChI=1S/C12H12O3/c1-15-11-4-2-3-10-9(11)6-5-8(7-13)12(10)14/h2-6,13-14H,7H2,1H3. The Kier molecular flexibility index (Phi) is 2.47. The molecule has 0 fully saturated rings. The predicted molar refractivity (Wildman–Crippen MR) is 58.1 cm³/mol. The molecule has 0 saturated carbocycles. The van der Waals surface area contributed by atoms with E-state index in [1.54, 1.807) is 19.2 Å². The predicted octanol–water partition coefficient (Wildman–Crippen LogP) is 2.05. The van der Waals surface area contributed by atoms with Crippen molar-refractivity contribution in [2.45, 2.75) is 6.61 Å². The molecule has 2 rings (SSSR count). The highest BCUT2D eigenvalue weighted by molar-refractivity contribution is 5.93. The molecule has 0 spiro atoms. The third-order valence-corrected chi connectivity index (χ3v) is 2.47. The largest absolute Gasteiger partial charge is 0.507 e. The third kappa shape index (κ3) is 1.51. The van der Waals surface area contributed by atoms with Crippen LogP contribution in [-0.4, -0.2) is 17.3 Å². The zero-order valence-corrected chi connectivity index (χ0v) is 8.40. The minimum Gasteiger partial charge on any atom is -0.507 e. The Morgan fingerprint density at radius 1 is 1.13 bits per heavy atom. The molecular weight excluding hydrogens is 192 g/mol. The Hall–Kier alpha value is -1.74. The minimum absolute atomic E-state index is 0.119. The molecule has 3 nitrogen and oxygen atoms in total. The Bertz CT molecular complexity index is 491. The molecule has 2 aromatic rings. The van der Waals surface area contributed by atoms with Gasteiger partial charge in [0.15, 0.2) is 0 Å². The van der Waals surface area contributed by atoms with Crippen molar-refractivity contribution in [1.82, 2.24) is 0 Å². The Balaban J connectivity index is 2.78. The van der Waals surface area contributed by atoms with Crippen molar-refractivity contribution in [2.24, 2.45) is 0 Å². The fourth-order valence-corrected chi connectivity index (χ4v) is 1.66. The number of ether oxygens (including phenoxy) is 1. The van der Waals surface area contributed by atoms with Crippen LogP contribution in [-0.2, 0) is 6.61 Å². The van der Waals surface area contributed by atoms with Gasteiger partial charge in [0.2, 0.25) is 0 Å². The first-order chi connectivity index (χ1) is 7.27. The molecule has 0 heterocycles. The number of methoxy groups -OCH3 is 1. The topological polar surface area (TPSA) is 49.7 Å². The summed E-state index contributed by atoms with van der Waals surface area (Å²) in [6.07, 6.45) is 0. The van der Waals surface area contributed by atoms with Gasteiger partial charge in [-0.3, -0.25) is 0 Å². The molecule has 0 saturated heterocycles. The highest BCUT2D eigenvalue weighted by atomic mass is 16.5. The number of fused-ring (bicyclic) bond motifs is 1. The molecule has 0 bridgehead atoms. The van der Waals surface area contributed by atoms with Gasteiger partial charge in [-0.1, -0.05) is 24.3 Å². The Labute approximate surface area is 87.5 Å². The van der Waals surface area contributed by atoms with Crippen LogP contribution in [0, 0.1) is 0 Å². The first-order valence-corrected chi connectivity index (χ1v) is 4.66. The number of aromatic hydroxyl groups is 1. The Morgan fingerprint density at radius 2 is 1.93 bits per heavy atom. The summed E-state index contributed by atoms with van der Waals surface area (Å²) in [5.74, 6) is 0.834. The lowest BCUT2D eigenvalue weighted by Crippen LogP contribution is -1.88. The van der Waals surface area contributed by atoms with Crippen molar-refractivity contribution in [3.8, 4) is 11.5 Å². The molecule has 2 aromatic carbocycles. The van der Waals surface area contributed by atoms with Crippen LogP contribution in [0.2, 0.25) is 0 Å². The number of phenols is 1. The fourth-order valence-electron chi connectivity index (χ4n) is 1.66. The van der Waals surface area contributed by atoms with Crippen LogP contribution in [0.25, 0.3) is 10.8 Å². The molecule has 3 heteroatoms. The molecule has 0 aliphatic rings. The number of aliphatic hydroxyl groups excluding tert-OH is 1. The zero-order valence-electron chi connectivity index (χ0n) is 8.40. The summed E-state index contributed by atoms with van der Waals surface area (Å²) in [7, 11) is 1.59. The molecule has 2 N–H and O–H groups in total. The quantitative estimate of drug-likeness (QED) is 0.787. The first kappa shape index (κ1) is 9.80. The average molecular weight is 204 g/mol. The molecule has 0 radical (unpaired) electrons. The smallest absolute Gasteiger partial charge is 0.129 e. The molecule has 0 amide bonds. The van der Waals surface area contributed by atoms with Gasteiger partial charge in [-0.15, -0.1) is 0 Å². The summed E-state index contributed by atoms with van der Waals surface area (Å²) in [4.78, 5) is 0. The number of hydrogen-bond acceptors (Lipinski definition) is 3. The molecule has 15 heavy (non-hydrogen) atoms. The van der Waals surface area contributed by atoms with E-state index in [1.165, 1.54) is 0 Å². The number of rotatable bonds is 2. The van der Waals surface area contributed by atoms with E-state index in [9.17, 15) is 5.11 Å². The van der Waals surface area contributed by atoms with E-state index < -0.39 is 0 Å². The van der Waals surface area contributed by atoms with Crippen LogP contribution in [0.5, 0.6) is 11.5 Å². The second kappa shape index (κ2) is 3.79. The van der Waals surface area contributed by atoms with Gasteiger partial charge in [-0.2, -0.15) is 0 Å². The van der Waals surface area contributed by atoms with Crippen molar-refractivity contribution in [3.05, 3.63) is 35.9 Å². The second-order valence-corrected chi connectivity index (χ2v) is 3.29. The second-order valence-electron chi connectivity index (χ2n) is 3.29. The fraction of sp³-hybridized carbons (Fsp3) is 0.167. The van der Waals surface area contributed by atoms with Gasteiger partial charge in [0.25, 0.3) is 0 Å². The minimum atomic E-state index is -0.168. The van der Waals surface area contributed by atoms with Crippen LogP contribution in [0.1, 0.15) is 5.56 Å². The van der Waals surface area contributed by atoms with E-state index in [0.717, 1.165) is 5.39 Å². The zero-order chi connectivity index (χ0) is 10.8. The average Bonchev–Trinajstić information content (AvgIpc) is 2.29. The summed E-state index contributed by atoms with van der Waals surface area (Å²) in [6, 6.07) is 8.97. The summed E-state index contributed by atoms with van der Waals surface area (Å²) in [5, 5.41) is 20.4. The van der Waals surface area contributed by atoms with E-state index in [1.807, 2.05) is 18.2 Å². The van der Waals surface area contributed by atoms with Gasteiger partial charge >= 0.3 is 0 Å². The molecule has 0 atom stereocenters. The first-order valence-electron chi connectivity index (χ1n) is 4.66. The maximum Gasteiger partial charge on any atom is 0.129 e. The van der Waals surface area contributed by atoms with Crippen molar-refractivity contribution < 1.29 is 14.9 Å². The number of aliphatic hydroxyl groups is 1. The van der Waals surface area contributed by atoms with Crippen molar-refractivity contribution >= 4 is 10.8 Å². The highest BCUT2D eigenvalue weighted by Crippen LogP contribution is 2.33. The van der Waals surface area contributed by atoms with Gasteiger partial charge in [0.1, 0.15) is 11.5 Å². The molecule has 0 aliphatic carbocycles. The monoisotopic (exact) mass is 204 g/mol. The van der Waals surface area contributed by atoms with Gasteiger partial charge in [0.05, 0.1) is 13.7 Å². The van der Waals surface area contributed by atoms with Crippen LogP contribution in [0.4, 0.5) is 0 Å². The van der Waals surface area contributed by atoms with Gasteiger partial charge in [0, 0.05) is 16.3 Å². The van der Waals surface area contributed by atoms with Crippen LogP contribution in [0.3, 0.4) is 0 Å². The molecule has 78 valence electrons. The Morgan fingerprint density at radius 3 is 2.60 bits per heavy atom. The van der Waals surface area contributed by atoms with Gasteiger partial charge in [-0.25, -0.2) is 0 Å². The van der Waals surface area contributed by atoms with E-state index in [2.05, 4.69) is 0 Å². The van der Waals surface area contributed by atoms with E-state index in [0.29, 0.717) is 16.7 Å². The van der Waals surface area contributed by atoms with Crippen LogP contribution in [0.15, 0.2) is 30.3 Å². The molecular formula is C12H12O3. The van der Waals surface area contributed by atoms with Crippen LogP contribution < -0.4 is 4.74 Å². The molecule has 0 aromatic heterocycles. The van der Waals surface area contributed by atoms with Crippen LogP contribution >= 0.6 is 0 Å². The third-order valence-electron chi connectivity index (χ3n) is 2.47. The summed E-state index contributed by atoms with van der Waals surface area (Å²) < 4.78 is 5.18. The normalized spacial score (nSPS) is 10.5. The van der Waals surface area contributed by atoms with Gasteiger partial charge < -0.3 is 14.9 Å². The lowest BCUT2D eigenvalue weighted by Gasteiger charge is -2.08.